The van der Waals surface area contributed by atoms with Crippen LogP contribution in [0.1, 0.15) is 24.5 Å². The van der Waals surface area contributed by atoms with Gasteiger partial charge in [0.2, 0.25) is 5.91 Å². The zero-order valence-electron chi connectivity index (χ0n) is 16.6. The molecule has 2 saturated heterocycles. The van der Waals surface area contributed by atoms with Crippen molar-refractivity contribution in [2.75, 3.05) is 39.4 Å². The molecule has 2 fully saturated rings. The topological polar surface area (TPSA) is 45.7 Å². The molecule has 4 rings (SSSR count). The Balaban J connectivity index is 1.55. The van der Waals surface area contributed by atoms with Gasteiger partial charge in [0.15, 0.2) is 0 Å². The van der Waals surface area contributed by atoms with E-state index in [0.717, 1.165) is 39.1 Å². The molecule has 2 atom stereocenters. The van der Waals surface area contributed by atoms with Gasteiger partial charge in [-0.25, -0.2) is 0 Å². The lowest BCUT2D eigenvalue weighted by atomic mass is 9.68. The Bertz CT molecular complexity index is 783. The Labute approximate surface area is 167 Å². The SMILES string of the molecule is CCOCC(=O)N1CCC2(c3ccccc3)CN(Cc3cccnc3)CC2C1. The molecule has 5 heteroatoms. The van der Waals surface area contributed by atoms with Gasteiger partial charge in [-0.15, -0.1) is 0 Å². The number of ether oxygens (including phenoxy) is 1. The van der Waals surface area contributed by atoms with E-state index in [-0.39, 0.29) is 17.9 Å². The number of likely N-dealkylation sites (tertiary alicyclic amines) is 2. The Hall–Kier alpha value is -2.24. The summed E-state index contributed by atoms with van der Waals surface area (Å²) in [4.78, 5) is 21.3. The molecule has 0 radical (unpaired) electrons. The largest absolute Gasteiger partial charge is 0.372 e. The minimum atomic E-state index is 0.117. The molecule has 0 N–H and O–H groups in total. The van der Waals surface area contributed by atoms with E-state index in [4.69, 9.17) is 4.74 Å². The number of rotatable bonds is 6. The molecular weight excluding hydrogens is 350 g/mol. The van der Waals surface area contributed by atoms with Crippen LogP contribution in [0.25, 0.3) is 0 Å². The van der Waals surface area contributed by atoms with Crippen molar-refractivity contribution < 1.29 is 9.53 Å². The van der Waals surface area contributed by atoms with Crippen LogP contribution in [-0.4, -0.2) is 60.1 Å². The van der Waals surface area contributed by atoms with E-state index in [1.54, 1.807) is 0 Å². The Morgan fingerprint density at radius 2 is 2.07 bits per heavy atom. The number of carbonyl (C=O) groups is 1. The molecule has 5 nitrogen and oxygen atoms in total. The number of nitrogens with zero attached hydrogens (tertiary/aromatic N) is 3. The third kappa shape index (κ3) is 3.82. The monoisotopic (exact) mass is 379 g/mol. The highest BCUT2D eigenvalue weighted by atomic mass is 16.5. The summed E-state index contributed by atoms with van der Waals surface area (Å²) in [5.74, 6) is 0.556. The van der Waals surface area contributed by atoms with E-state index in [1.807, 2.05) is 30.3 Å². The first-order chi connectivity index (χ1) is 13.7. The van der Waals surface area contributed by atoms with Crippen LogP contribution in [0.4, 0.5) is 0 Å². The highest BCUT2D eigenvalue weighted by Crippen LogP contribution is 2.45. The second kappa shape index (κ2) is 8.41. The predicted molar refractivity (Wildman–Crippen MR) is 109 cm³/mol. The molecule has 28 heavy (non-hydrogen) atoms. The van der Waals surface area contributed by atoms with Crippen LogP contribution >= 0.6 is 0 Å². The molecule has 0 spiro atoms. The Morgan fingerprint density at radius 3 is 2.82 bits per heavy atom. The van der Waals surface area contributed by atoms with Gasteiger partial charge in [-0.05, 0) is 30.5 Å². The molecule has 3 heterocycles. The summed E-state index contributed by atoms with van der Waals surface area (Å²) in [6.07, 6.45) is 4.78. The first-order valence-corrected chi connectivity index (χ1v) is 10.2. The lowest BCUT2D eigenvalue weighted by Crippen LogP contribution is -2.52. The summed E-state index contributed by atoms with van der Waals surface area (Å²) in [6.45, 7) is 7.26. The lowest BCUT2D eigenvalue weighted by molar-refractivity contribution is -0.138. The number of hydrogen-bond donors (Lipinski definition) is 0. The summed E-state index contributed by atoms with van der Waals surface area (Å²) >= 11 is 0. The van der Waals surface area contributed by atoms with Crippen molar-refractivity contribution in [2.24, 2.45) is 5.92 Å². The minimum Gasteiger partial charge on any atom is -0.372 e. The molecule has 1 amide bonds. The molecule has 2 aliphatic rings. The van der Waals surface area contributed by atoms with Crippen LogP contribution < -0.4 is 0 Å². The standard InChI is InChI=1S/C23H29N3O2/c1-2-28-17-22(27)26-12-10-23(20-8-4-3-5-9-20)18-25(15-21(23)16-26)14-19-7-6-11-24-13-19/h3-9,11,13,21H,2,10,12,14-18H2,1H3. The first kappa shape index (κ1) is 19.1. The van der Waals surface area contributed by atoms with Gasteiger partial charge in [0.05, 0.1) is 0 Å². The second-order valence-electron chi connectivity index (χ2n) is 7.98. The fourth-order valence-electron chi connectivity index (χ4n) is 4.91. The van der Waals surface area contributed by atoms with Crippen LogP contribution in [0.2, 0.25) is 0 Å². The summed E-state index contributed by atoms with van der Waals surface area (Å²) in [5, 5.41) is 0. The van der Waals surface area contributed by atoms with Crippen molar-refractivity contribution in [1.29, 1.82) is 0 Å². The molecule has 0 saturated carbocycles. The molecule has 2 aromatic rings. The maximum absolute atomic E-state index is 12.5. The van der Waals surface area contributed by atoms with E-state index in [0.29, 0.717) is 12.5 Å². The van der Waals surface area contributed by atoms with Gasteiger partial charge >= 0.3 is 0 Å². The minimum absolute atomic E-state index is 0.117. The van der Waals surface area contributed by atoms with Gasteiger partial charge in [0, 0.05) is 63.1 Å². The molecule has 2 unspecified atom stereocenters. The van der Waals surface area contributed by atoms with Crippen molar-refractivity contribution in [2.45, 2.75) is 25.3 Å². The van der Waals surface area contributed by atoms with Gasteiger partial charge in [-0.3, -0.25) is 14.7 Å². The number of benzene rings is 1. The molecule has 2 aliphatic heterocycles. The number of hydrogen-bond acceptors (Lipinski definition) is 4. The van der Waals surface area contributed by atoms with Gasteiger partial charge in [-0.2, -0.15) is 0 Å². The number of pyridine rings is 1. The Morgan fingerprint density at radius 1 is 1.21 bits per heavy atom. The van der Waals surface area contributed by atoms with Crippen molar-refractivity contribution in [3.05, 3.63) is 66.0 Å². The van der Waals surface area contributed by atoms with Crippen LogP contribution in [0, 0.1) is 5.92 Å². The van der Waals surface area contributed by atoms with Gasteiger partial charge in [-0.1, -0.05) is 36.4 Å². The van der Waals surface area contributed by atoms with E-state index < -0.39 is 0 Å². The number of piperidine rings is 1. The summed E-state index contributed by atoms with van der Waals surface area (Å²) in [7, 11) is 0. The second-order valence-corrected chi connectivity index (χ2v) is 7.98. The molecule has 148 valence electrons. The number of fused-ring (bicyclic) bond motifs is 1. The molecule has 1 aromatic heterocycles. The van der Waals surface area contributed by atoms with Crippen molar-refractivity contribution >= 4 is 5.91 Å². The third-order valence-corrected chi connectivity index (χ3v) is 6.29. The normalized spacial score (nSPS) is 24.9. The van der Waals surface area contributed by atoms with E-state index >= 15 is 0 Å². The fourth-order valence-corrected chi connectivity index (χ4v) is 4.91. The zero-order valence-corrected chi connectivity index (χ0v) is 16.6. The van der Waals surface area contributed by atoms with Gasteiger partial charge < -0.3 is 9.64 Å². The Kier molecular flexibility index (Phi) is 5.74. The fraction of sp³-hybridized carbons (Fsp3) is 0.478. The maximum Gasteiger partial charge on any atom is 0.248 e. The number of amides is 1. The number of carbonyl (C=O) groups excluding carboxylic acids is 1. The maximum atomic E-state index is 12.5. The van der Waals surface area contributed by atoms with Crippen molar-refractivity contribution in [1.82, 2.24) is 14.8 Å². The predicted octanol–water partition coefficient (Wildman–Crippen LogP) is 2.72. The van der Waals surface area contributed by atoms with Crippen LogP contribution in [0.3, 0.4) is 0 Å². The highest BCUT2D eigenvalue weighted by molar-refractivity contribution is 5.77. The average Bonchev–Trinajstić information content (AvgIpc) is 3.11. The van der Waals surface area contributed by atoms with Crippen LogP contribution in [0.15, 0.2) is 54.9 Å². The highest BCUT2D eigenvalue weighted by Gasteiger charge is 2.50. The zero-order chi connectivity index (χ0) is 19.4. The lowest BCUT2D eigenvalue weighted by Gasteiger charge is -2.44. The summed E-state index contributed by atoms with van der Waals surface area (Å²) < 4.78 is 5.36. The third-order valence-electron chi connectivity index (χ3n) is 6.29. The molecular formula is C23H29N3O2. The van der Waals surface area contributed by atoms with E-state index in [1.165, 1.54) is 11.1 Å². The van der Waals surface area contributed by atoms with Crippen LogP contribution in [-0.2, 0) is 21.5 Å². The number of aromatic nitrogens is 1. The summed E-state index contributed by atoms with van der Waals surface area (Å²) in [5.41, 5.74) is 2.77. The molecule has 1 aromatic carbocycles. The smallest absolute Gasteiger partial charge is 0.248 e. The quantitative estimate of drug-likeness (QED) is 0.774. The van der Waals surface area contributed by atoms with E-state index in [9.17, 15) is 4.79 Å². The van der Waals surface area contributed by atoms with Crippen LogP contribution in [0.5, 0.6) is 0 Å². The first-order valence-electron chi connectivity index (χ1n) is 10.2. The summed E-state index contributed by atoms with van der Waals surface area (Å²) in [6, 6.07) is 15.0. The van der Waals surface area contributed by atoms with Crippen molar-refractivity contribution in [3.8, 4) is 0 Å². The molecule has 0 bridgehead atoms. The van der Waals surface area contributed by atoms with Gasteiger partial charge in [0.25, 0.3) is 0 Å². The van der Waals surface area contributed by atoms with E-state index in [2.05, 4.69) is 46.3 Å². The molecule has 0 aliphatic carbocycles. The van der Waals surface area contributed by atoms with Gasteiger partial charge in [0.1, 0.15) is 6.61 Å². The van der Waals surface area contributed by atoms with Crippen molar-refractivity contribution in [3.63, 3.8) is 0 Å². The average molecular weight is 380 g/mol.